The summed E-state index contributed by atoms with van der Waals surface area (Å²) in [5.74, 6) is -0.222. The number of amides is 1. The fourth-order valence-electron chi connectivity index (χ4n) is 7.03. The highest BCUT2D eigenvalue weighted by molar-refractivity contribution is 7.45. The maximum absolute atomic E-state index is 12.9. The van der Waals surface area contributed by atoms with E-state index in [0.29, 0.717) is 17.4 Å². The molecule has 0 bridgehead atoms. The molecular weight excluding hydrogens is 780 g/mol. The molecule has 0 aromatic heterocycles. The van der Waals surface area contributed by atoms with Gasteiger partial charge >= 0.3 is 0 Å². The third-order valence-corrected chi connectivity index (χ3v) is 11.9. The van der Waals surface area contributed by atoms with Crippen LogP contribution in [0.1, 0.15) is 213 Å². The number of likely N-dealkylation sites (N-methyl/N-ethyl adjacent to an activating group) is 1. The second-order valence-electron chi connectivity index (χ2n) is 18.1. The Morgan fingerprint density at radius 1 is 0.590 bits per heavy atom. The van der Waals surface area contributed by atoms with Crippen molar-refractivity contribution in [2.45, 2.75) is 225 Å². The Bertz CT molecular complexity index is 1180. The Morgan fingerprint density at radius 2 is 1.00 bits per heavy atom. The van der Waals surface area contributed by atoms with Crippen LogP contribution in [-0.4, -0.2) is 68.5 Å². The minimum Gasteiger partial charge on any atom is -0.756 e. The number of aliphatic hydroxyl groups is 1. The van der Waals surface area contributed by atoms with Gasteiger partial charge in [0.25, 0.3) is 7.82 Å². The lowest BCUT2D eigenvalue weighted by molar-refractivity contribution is -0.870. The van der Waals surface area contributed by atoms with Crippen molar-refractivity contribution in [3.63, 3.8) is 0 Å². The first kappa shape index (κ1) is 59.2. The molecule has 0 aliphatic carbocycles. The van der Waals surface area contributed by atoms with Crippen molar-refractivity contribution >= 4 is 13.7 Å². The fraction of sp³-hybridized carbons (Fsp3) is 0.788. The van der Waals surface area contributed by atoms with Crippen LogP contribution in [0.2, 0.25) is 0 Å². The number of allylic oxidation sites excluding steroid dienone is 9. The van der Waals surface area contributed by atoms with Gasteiger partial charge in [0.2, 0.25) is 5.91 Å². The van der Waals surface area contributed by atoms with Crippen molar-refractivity contribution in [3.8, 4) is 0 Å². The van der Waals surface area contributed by atoms with Gasteiger partial charge in [-0.25, -0.2) is 0 Å². The smallest absolute Gasteiger partial charge is 0.268 e. The number of phosphoric ester groups is 1. The van der Waals surface area contributed by atoms with Gasteiger partial charge in [-0.15, -0.1) is 0 Å². The zero-order valence-electron chi connectivity index (χ0n) is 40.4. The highest BCUT2D eigenvalue weighted by atomic mass is 31.2. The van der Waals surface area contributed by atoms with Crippen LogP contribution < -0.4 is 10.2 Å². The van der Waals surface area contributed by atoms with Crippen molar-refractivity contribution in [1.82, 2.24) is 5.32 Å². The summed E-state index contributed by atoms with van der Waals surface area (Å²) >= 11 is 0. The Morgan fingerprint density at radius 3 is 1.46 bits per heavy atom. The van der Waals surface area contributed by atoms with Crippen molar-refractivity contribution in [1.29, 1.82) is 0 Å². The minimum absolute atomic E-state index is 0.00841. The Hall–Kier alpha value is -1.80. The highest BCUT2D eigenvalue weighted by Crippen LogP contribution is 2.38. The fourth-order valence-corrected chi connectivity index (χ4v) is 7.75. The zero-order valence-corrected chi connectivity index (χ0v) is 41.2. The molecule has 0 aliphatic heterocycles. The number of nitrogens with one attached hydrogen (secondary N) is 1. The molecule has 0 saturated heterocycles. The number of unbranched alkanes of at least 4 members (excludes halogenated alkanes) is 24. The molecule has 0 aromatic rings. The Kier molecular flexibility index (Phi) is 42.2. The first-order valence-electron chi connectivity index (χ1n) is 25.2. The van der Waals surface area contributed by atoms with Gasteiger partial charge in [0.05, 0.1) is 39.9 Å². The summed E-state index contributed by atoms with van der Waals surface area (Å²) in [4.78, 5) is 25.4. The van der Waals surface area contributed by atoms with Gasteiger partial charge < -0.3 is 28.8 Å². The second-order valence-corrected chi connectivity index (χ2v) is 19.6. The van der Waals surface area contributed by atoms with E-state index in [1.54, 1.807) is 6.08 Å². The van der Waals surface area contributed by atoms with E-state index in [2.05, 4.69) is 67.8 Å². The van der Waals surface area contributed by atoms with Gasteiger partial charge in [0.1, 0.15) is 13.2 Å². The number of quaternary nitrogens is 1. The third-order valence-electron chi connectivity index (χ3n) is 11.0. The summed E-state index contributed by atoms with van der Waals surface area (Å²) in [6, 6.07) is -0.902. The van der Waals surface area contributed by atoms with E-state index >= 15 is 0 Å². The molecule has 0 aromatic carbocycles. The number of hydrogen-bond donors (Lipinski definition) is 2. The molecule has 356 valence electrons. The van der Waals surface area contributed by atoms with E-state index in [9.17, 15) is 19.4 Å². The average Bonchev–Trinajstić information content (AvgIpc) is 3.21. The molecule has 8 nitrogen and oxygen atoms in total. The molecule has 0 aliphatic rings. The maximum atomic E-state index is 12.9. The van der Waals surface area contributed by atoms with Crippen molar-refractivity contribution in [2.24, 2.45) is 0 Å². The Labute approximate surface area is 377 Å². The number of hydrogen-bond acceptors (Lipinski definition) is 6. The SMILES string of the molecule is CC/C=C\C/C=C\C/C=C\C/C=C\CCCCCCC(=O)NC(COP(=O)([O-])OCC[N+](C)(C)C)C(O)/C=C/CCCCCCCCCCCCCCCCCCCCCC. The topological polar surface area (TPSA) is 108 Å². The zero-order chi connectivity index (χ0) is 45.0. The van der Waals surface area contributed by atoms with E-state index in [4.69, 9.17) is 9.05 Å². The number of phosphoric acid groups is 1. The van der Waals surface area contributed by atoms with Crippen molar-refractivity contribution in [2.75, 3.05) is 40.9 Å². The summed E-state index contributed by atoms with van der Waals surface area (Å²) in [5.41, 5.74) is 0. The third kappa shape index (κ3) is 46.0. The summed E-state index contributed by atoms with van der Waals surface area (Å²) in [6.07, 6.45) is 57.0. The summed E-state index contributed by atoms with van der Waals surface area (Å²) in [5, 5.41) is 13.8. The van der Waals surface area contributed by atoms with Gasteiger partial charge in [0, 0.05) is 6.42 Å². The molecule has 1 amide bonds. The molecule has 0 saturated carbocycles. The van der Waals surface area contributed by atoms with Crippen molar-refractivity contribution < 1.29 is 32.9 Å². The molecule has 0 heterocycles. The number of carbonyl (C=O) groups excluding carboxylic acids is 1. The van der Waals surface area contributed by atoms with Crippen LogP contribution in [0.4, 0.5) is 0 Å². The molecule has 2 N–H and O–H groups in total. The lowest BCUT2D eigenvalue weighted by atomic mass is 10.0. The summed E-state index contributed by atoms with van der Waals surface area (Å²) in [6.45, 7) is 4.52. The molecule has 3 unspecified atom stereocenters. The molecule has 3 atom stereocenters. The first-order chi connectivity index (χ1) is 29.5. The lowest BCUT2D eigenvalue weighted by Gasteiger charge is -2.29. The quantitative estimate of drug-likeness (QED) is 0.0273. The van der Waals surface area contributed by atoms with Crippen molar-refractivity contribution in [3.05, 3.63) is 60.8 Å². The monoisotopic (exact) mass is 877 g/mol. The standard InChI is InChI=1S/C52H97N2O6P/c1-6-8-10-12-14-16-18-20-22-24-25-26-27-28-30-31-33-35-37-39-41-43-45-51(55)50(49-60-61(57,58)59-48-47-54(3,4)5)53-52(56)46-44-42-40-38-36-34-32-29-23-21-19-17-15-13-11-9-7-2/h9,11,15,17,21,23,32,34,43,45,50-51,55H,6-8,10,12-14,16,18-20,22,24-31,33,35-42,44,46-49H2,1-5H3,(H-,53,56,57,58)/b11-9-,17-15-,23-21-,34-32-,45-43+. The molecule has 0 radical (unpaired) electrons. The predicted molar refractivity (Wildman–Crippen MR) is 261 cm³/mol. The number of rotatable bonds is 45. The number of nitrogens with zero attached hydrogens (tertiary/aromatic N) is 1. The second kappa shape index (κ2) is 43.5. The van der Waals surface area contributed by atoms with Crippen LogP contribution in [0.15, 0.2) is 60.8 Å². The van der Waals surface area contributed by atoms with Gasteiger partial charge in [-0.1, -0.05) is 209 Å². The van der Waals surface area contributed by atoms with Gasteiger partial charge in [-0.3, -0.25) is 9.36 Å². The van der Waals surface area contributed by atoms with E-state index in [1.807, 2.05) is 27.2 Å². The van der Waals surface area contributed by atoms with E-state index < -0.39 is 26.6 Å². The van der Waals surface area contributed by atoms with Crippen LogP contribution in [0.5, 0.6) is 0 Å². The van der Waals surface area contributed by atoms with E-state index in [0.717, 1.165) is 77.0 Å². The minimum atomic E-state index is -4.60. The van der Waals surface area contributed by atoms with Gasteiger partial charge in [-0.2, -0.15) is 0 Å². The number of carbonyl (C=O) groups is 1. The van der Waals surface area contributed by atoms with Crippen LogP contribution >= 0.6 is 7.82 Å². The van der Waals surface area contributed by atoms with Crippen LogP contribution in [0.25, 0.3) is 0 Å². The average molecular weight is 877 g/mol. The summed E-state index contributed by atoms with van der Waals surface area (Å²) in [7, 11) is 1.24. The number of aliphatic hydroxyl groups excluding tert-OH is 1. The van der Waals surface area contributed by atoms with Gasteiger partial charge in [-0.05, 0) is 57.8 Å². The predicted octanol–water partition coefficient (Wildman–Crippen LogP) is 14.0. The summed E-state index contributed by atoms with van der Waals surface area (Å²) < 4.78 is 23.3. The van der Waals surface area contributed by atoms with Crippen LogP contribution in [-0.2, 0) is 18.4 Å². The molecule has 0 spiro atoms. The Balaban J connectivity index is 4.36. The molecule has 0 rings (SSSR count). The van der Waals surface area contributed by atoms with E-state index in [-0.39, 0.29) is 12.5 Å². The van der Waals surface area contributed by atoms with Gasteiger partial charge in [0.15, 0.2) is 0 Å². The molecule has 9 heteroatoms. The van der Waals surface area contributed by atoms with Crippen LogP contribution in [0.3, 0.4) is 0 Å². The highest BCUT2D eigenvalue weighted by Gasteiger charge is 2.23. The van der Waals surface area contributed by atoms with E-state index in [1.165, 1.54) is 116 Å². The molecule has 0 fully saturated rings. The normalized spacial score (nSPS) is 14.7. The lowest BCUT2D eigenvalue weighted by Crippen LogP contribution is -2.45. The first-order valence-corrected chi connectivity index (χ1v) is 26.6. The molecular formula is C52H97N2O6P. The largest absolute Gasteiger partial charge is 0.756 e. The van der Waals surface area contributed by atoms with Crippen LogP contribution in [0, 0.1) is 0 Å². The molecule has 61 heavy (non-hydrogen) atoms. The maximum Gasteiger partial charge on any atom is 0.268 e.